The Hall–Kier alpha value is -1.88. The van der Waals surface area contributed by atoms with Crippen molar-refractivity contribution >= 4 is 29.4 Å². The van der Waals surface area contributed by atoms with Crippen LogP contribution in [0.4, 0.5) is 0 Å². The maximum absolute atomic E-state index is 12.3. The molecular weight excluding hydrogens is 330 g/mol. The van der Waals surface area contributed by atoms with Crippen LogP contribution in [0.25, 0.3) is 0 Å². The van der Waals surface area contributed by atoms with Crippen LogP contribution in [0.5, 0.6) is 0 Å². The van der Waals surface area contributed by atoms with Gasteiger partial charge in [0.05, 0.1) is 18.3 Å². The Bertz CT molecular complexity index is 636. The van der Waals surface area contributed by atoms with Gasteiger partial charge in [-0.25, -0.2) is 0 Å². The molecule has 2 unspecified atom stereocenters. The zero-order chi connectivity index (χ0) is 17.1. The number of hydrogen-bond acceptors (Lipinski definition) is 4. The summed E-state index contributed by atoms with van der Waals surface area (Å²) in [4.78, 5) is 37.8. The van der Waals surface area contributed by atoms with Gasteiger partial charge >= 0.3 is 5.97 Å². The van der Waals surface area contributed by atoms with Crippen LogP contribution in [0.3, 0.4) is 0 Å². The average molecular weight is 350 g/mol. The number of halogens is 1. The summed E-state index contributed by atoms with van der Waals surface area (Å²) in [6.07, 6.45) is 3.56. The molecular formula is C18H20ClNO4. The van der Waals surface area contributed by atoms with Gasteiger partial charge in [-0.2, -0.15) is 0 Å². The quantitative estimate of drug-likeness (QED) is 0.605. The molecule has 2 fully saturated rings. The number of fused-ring (bicyclic) bond motifs is 1. The van der Waals surface area contributed by atoms with Crippen molar-refractivity contribution in [3.63, 3.8) is 0 Å². The number of amides is 2. The molecule has 2 aliphatic rings. The molecule has 0 aromatic heterocycles. The van der Waals surface area contributed by atoms with Crippen molar-refractivity contribution in [2.24, 2.45) is 11.8 Å². The van der Waals surface area contributed by atoms with E-state index >= 15 is 0 Å². The first kappa shape index (κ1) is 17.0. The molecule has 24 heavy (non-hydrogen) atoms. The van der Waals surface area contributed by atoms with Gasteiger partial charge in [0.1, 0.15) is 6.61 Å². The smallest absolute Gasteiger partial charge is 0.307 e. The third kappa shape index (κ3) is 3.46. The van der Waals surface area contributed by atoms with Gasteiger partial charge in [0.2, 0.25) is 11.8 Å². The number of likely N-dealkylation sites (tertiary alicyclic amines) is 1. The molecule has 3 rings (SSSR count). The Kier molecular flexibility index (Phi) is 5.19. The van der Waals surface area contributed by atoms with Gasteiger partial charge < -0.3 is 4.74 Å². The summed E-state index contributed by atoms with van der Waals surface area (Å²) in [5.41, 5.74) is 0.729. The maximum Gasteiger partial charge on any atom is 0.307 e. The number of imide groups is 1. The lowest BCUT2D eigenvalue weighted by molar-refractivity contribution is -0.146. The molecule has 6 heteroatoms. The van der Waals surface area contributed by atoms with Crippen molar-refractivity contribution in [3.05, 3.63) is 34.9 Å². The first-order chi connectivity index (χ1) is 11.6. The van der Waals surface area contributed by atoms with Crippen molar-refractivity contribution in [1.29, 1.82) is 0 Å². The lowest BCUT2D eigenvalue weighted by Crippen LogP contribution is -2.33. The molecule has 1 aromatic rings. The maximum atomic E-state index is 12.3. The van der Waals surface area contributed by atoms with Crippen LogP contribution in [0.1, 0.15) is 37.7 Å². The molecule has 1 aliphatic heterocycles. The minimum atomic E-state index is -0.439. The number of rotatable bonds is 5. The van der Waals surface area contributed by atoms with Gasteiger partial charge in [0.25, 0.3) is 0 Å². The molecule has 5 nitrogen and oxygen atoms in total. The molecule has 0 N–H and O–H groups in total. The molecule has 0 bridgehead atoms. The van der Waals surface area contributed by atoms with E-state index in [0.717, 1.165) is 31.2 Å². The van der Waals surface area contributed by atoms with E-state index in [-0.39, 0.29) is 43.2 Å². The fourth-order valence-corrected chi connectivity index (χ4v) is 3.69. The number of esters is 1. The zero-order valence-corrected chi connectivity index (χ0v) is 14.1. The SMILES string of the molecule is O=C(CCN1C(=O)C2CCCCC2C1=O)OCc1ccccc1Cl. The lowest BCUT2D eigenvalue weighted by Gasteiger charge is -2.19. The monoisotopic (exact) mass is 349 g/mol. The van der Waals surface area contributed by atoms with Gasteiger partial charge in [-0.15, -0.1) is 0 Å². The summed E-state index contributed by atoms with van der Waals surface area (Å²) in [7, 11) is 0. The van der Waals surface area contributed by atoms with Crippen molar-refractivity contribution in [1.82, 2.24) is 4.90 Å². The second-order valence-electron chi connectivity index (χ2n) is 6.33. The summed E-state index contributed by atoms with van der Waals surface area (Å²) in [5.74, 6) is -1.03. The Labute approximate surface area is 145 Å². The highest BCUT2D eigenvalue weighted by Crippen LogP contribution is 2.37. The predicted octanol–water partition coefficient (Wildman–Crippen LogP) is 2.95. The Morgan fingerprint density at radius 2 is 1.75 bits per heavy atom. The molecule has 128 valence electrons. The minimum Gasteiger partial charge on any atom is -0.461 e. The van der Waals surface area contributed by atoms with E-state index in [2.05, 4.69) is 0 Å². The van der Waals surface area contributed by atoms with Crippen molar-refractivity contribution < 1.29 is 19.1 Å². The first-order valence-corrected chi connectivity index (χ1v) is 8.70. The Balaban J connectivity index is 1.50. The van der Waals surface area contributed by atoms with E-state index < -0.39 is 5.97 Å². The summed E-state index contributed by atoms with van der Waals surface area (Å²) in [5, 5.41) is 0.541. The zero-order valence-electron chi connectivity index (χ0n) is 13.4. The molecule has 1 heterocycles. The van der Waals surface area contributed by atoms with Gasteiger partial charge in [-0.1, -0.05) is 42.6 Å². The number of benzene rings is 1. The van der Waals surface area contributed by atoms with Crippen molar-refractivity contribution in [2.75, 3.05) is 6.54 Å². The number of nitrogens with zero attached hydrogens (tertiary/aromatic N) is 1. The fraction of sp³-hybridized carbons (Fsp3) is 0.500. The van der Waals surface area contributed by atoms with Crippen LogP contribution < -0.4 is 0 Å². The highest BCUT2D eigenvalue weighted by Gasteiger charge is 2.47. The molecule has 0 radical (unpaired) electrons. The summed E-state index contributed by atoms with van der Waals surface area (Å²) in [6.45, 7) is 0.192. The Morgan fingerprint density at radius 1 is 1.12 bits per heavy atom. The van der Waals surface area contributed by atoms with Gasteiger partial charge in [0.15, 0.2) is 0 Å². The van der Waals surface area contributed by atoms with E-state index in [1.54, 1.807) is 18.2 Å². The number of carbonyl (C=O) groups excluding carboxylic acids is 3. The van der Waals surface area contributed by atoms with Crippen LogP contribution in [0, 0.1) is 11.8 Å². The Morgan fingerprint density at radius 3 is 2.38 bits per heavy atom. The molecule has 2 amide bonds. The fourth-order valence-electron chi connectivity index (χ4n) is 3.50. The normalized spacial score (nSPS) is 23.3. The highest BCUT2D eigenvalue weighted by molar-refractivity contribution is 6.31. The van der Waals surface area contributed by atoms with E-state index in [4.69, 9.17) is 16.3 Å². The van der Waals surface area contributed by atoms with Gasteiger partial charge in [-0.3, -0.25) is 19.3 Å². The van der Waals surface area contributed by atoms with Crippen LogP contribution >= 0.6 is 11.6 Å². The molecule has 2 atom stereocenters. The van der Waals surface area contributed by atoms with Gasteiger partial charge in [-0.05, 0) is 18.9 Å². The van der Waals surface area contributed by atoms with E-state index in [1.807, 2.05) is 6.07 Å². The second-order valence-corrected chi connectivity index (χ2v) is 6.73. The van der Waals surface area contributed by atoms with Crippen molar-refractivity contribution in [2.45, 2.75) is 38.7 Å². The second kappa shape index (κ2) is 7.34. The van der Waals surface area contributed by atoms with Crippen LogP contribution in [0.2, 0.25) is 5.02 Å². The third-order valence-corrected chi connectivity index (χ3v) is 5.19. The van der Waals surface area contributed by atoms with E-state index in [0.29, 0.717) is 5.02 Å². The molecule has 1 saturated carbocycles. The van der Waals surface area contributed by atoms with Crippen LogP contribution in [-0.2, 0) is 25.7 Å². The van der Waals surface area contributed by atoms with Crippen LogP contribution in [0.15, 0.2) is 24.3 Å². The summed E-state index contributed by atoms with van der Waals surface area (Å²) < 4.78 is 5.19. The lowest BCUT2D eigenvalue weighted by atomic mass is 9.81. The van der Waals surface area contributed by atoms with Gasteiger partial charge in [0, 0.05) is 17.1 Å². The standard InChI is InChI=1S/C18H20ClNO4/c19-15-8-4-1-5-12(15)11-24-16(21)9-10-20-17(22)13-6-2-3-7-14(13)18(20)23/h1,4-5,8,13-14H,2-3,6-7,9-11H2. The molecule has 1 aromatic carbocycles. The molecule has 1 aliphatic carbocycles. The number of ether oxygens (including phenoxy) is 1. The first-order valence-electron chi connectivity index (χ1n) is 8.32. The van der Waals surface area contributed by atoms with Crippen LogP contribution in [-0.4, -0.2) is 29.2 Å². The van der Waals surface area contributed by atoms with E-state index in [9.17, 15) is 14.4 Å². The highest BCUT2D eigenvalue weighted by atomic mass is 35.5. The summed E-state index contributed by atoms with van der Waals surface area (Å²) in [6, 6.07) is 7.14. The average Bonchev–Trinajstić information content (AvgIpc) is 2.84. The number of carbonyl (C=O) groups is 3. The largest absolute Gasteiger partial charge is 0.461 e. The third-order valence-electron chi connectivity index (χ3n) is 4.82. The molecule has 0 spiro atoms. The number of hydrogen-bond donors (Lipinski definition) is 0. The predicted molar refractivity (Wildman–Crippen MR) is 88.0 cm³/mol. The molecule has 1 saturated heterocycles. The topological polar surface area (TPSA) is 63.7 Å². The van der Waals surface area contributed by atoms with E-state index in [1.165, 1.54) is 4.90 Å². The minimum absolute atomic E-state index is 0.0153. The summed E-state index contributed by atoms with van der Waals surface area (Å²) >= 11 is 6.01. The van der Waals surface area contributed by atoms with Crippen molar-refractivity contribution in [3.8, 4) is 0 Å².